The first kappa shape index (κ1) is 54.2. The molecule has 0 spiro atoms. The molecule has 0 aromatic carbocycles. The zero-order valence-corrected chi connectivity index (χ0v) is 36.6. The summed E-state index contributed by atoms with van der Waals surface area (Å²) in [5.74, 6) is -2.37. The van der Waals surface area contributed by atoms with Crippen LogP contribution >= 0.6 is 7.82 Å². The first-order valence-electron chi connectivity index (χ1n) is 22.7. The minimum atomic E-state index is -4.71. The second-order valence-corrected chi connectivity index (χ2v) is 17.0. The van der Waals surface area contributed by atoms with Crippen molar-refractivity contribution in [3.05, 3.63) is 12.2 Å². The number of hydrogen-bond donors (Lipinski definition) is 3. The molecular formula is C44H84NO10P. The van der Waals surface area contributed by atoms with E-state index in [0.29, 0.717) is 12.8 Å². The van der Waals surface area contributed by atoms with Gasteiger partial charge in [-0.25, -0.2) is 4.57 Å². The number of allylic oxidation sites excluding steroid dienone is 2. The van der Waals surface area contributed by atoms with Gasteiger partial charge in [-0.2, -0.15) is 0 Å². The van der Waals surface area contributed by atoms with Crippen LogP contribution in [0.4, 0.5) is 0 Å². The summed E-state index contributed by atoms with van der Waals surface area (Å²) in [5.41, 5.74) is 5.33. The van der Waals surface area contributed by atoms with Gasteiger partial charge in [-0.1, -0.05) is 180 Å². The van der Waals surface area contributed by atoms with E-state index >= 15 is 0 Å². The van der Waals surface area contributed by atoms with Crippen molar-refractivity contribution in [2.24, 2.45) is 5.73 Å². The quantitative estimate of drug-likeness (QED) is 0.0231. The van der Waals surface area contributed by atoms with Gasteiger partial charge in [0.05, 0.1) is 13.2 Å². The standard InChI is InChI=1S/C44H84NO10P/c1-3-5-7-9-11-13-15-17-18-19-20-21-22-24-25-27-29-31-33-35-42(46)52-37-40(38-53-56(50,51)54-39-41(45)44(48)49)55-43(47)36-34-32-30-28-26-23-16-14-12-10-8-6-4-2/h17-18,40-41H,3-16,19-39,45H2,1-2H3,(H,48,49)(H,50,51)/b18-17-/t40-,41+/m1/s1. The molecule has 0 bridgehead atoms. The Morgan fingerprint density at radius 2 is 0.893 bits per heavy atom. The van der Waals surface area contributed by atoms with Gasteiger partial charge in [-0.15, -0.1) is 0 Å². The number of carbonyl (C=O) groups is 3. The first-order chi connectivity index (χ1) is 27.1. The number of aliphatic carboxylic acids is 1. The molecule has 0 aromatic rings. The number of carboxylic acid groups (broad SMARTS) is 1. The molecule has 12 heteroatoms. The molecule has 1 unspecified atom stereocenters. The van der Waals surface area contributed by atoms with Crippen LogP contribution in [0, 0.1) is 0 Å². The van der Waals surface area contributed by atoms with Gasteiger partial charge in [0.2, 0.25) is 0 Å². The Hall–Kier alpha value is -1.78. The van der Waals surface area contributed by atoms with E-state index in [0.717, 1.165) is 38.5 Å². The second-order valence-electron chi connectivity index (χ2n) is 15.5. The molecule has 330 valence electrons. The van der Waals surface area contributed by atoms with Crippen molar-refractivity contribution in [1.29, 1.82) is 0 Å². The SMILES string of the molecule is CCCCCCCC/C=C\CCCCCCCCCCCC(=O)OC[C@H](COP(=O)(O)OC[C@H](N)C(=O)O)OC(=O)CCCCCCCCCCCCCCC. The van der Waals surface area contributed by atoms with E-state index in [1.54, 1.807) is 0 Å². The third-order valence-electron chi connectivity index (χ3n) is 10.0. The normalized spacial score (nSPS) is 13.8. The van der Waals surface area contributed by atoms with Crippen LogP contribution in [0.25, 0.3) is 0 Å². The second kappa shape index (κ2) is 40.0. The number of phosphoric acid groups is 1. The Morgan fingerprint density at radius 3 is 1.30 bits per heavy atom. The summed E-state index contributed by atoms with van der Waals surface area (Å²) in [6.45, 7) is 2.82. The minimum absolute atomic E-state index is 0.166. The molecule has 56 heavy (non-hydrogen) atoms. The van der Waals surface area contributed by atoms with E-state index in [2.05, 4.69) is 30.5 Å². The highest BCUT2D eigenvalue weighted by atomic mass is 31.2. The van der Waals surface area contributed by atoms with Crippen molar-refractivity contribution in [3.63, 3.8) is 0 Å². The van der Waals surface area contributed by atoms with E-state index in [1.807, 2.05) is 0 Å². The van der Waals surface area contributed by atoms with E-state index in [1.165, 1.54) is 141 Å². The molecule has 0 fully saturated rings. The van der Waals surface area contributed by atoms with Crippen LogP contribution < -0.4 is 5.73 Å². The maximum atomic E-state index is 12.6. The van der Waals surface area contributed by atoms with Gasteiger partial charge in [0.1, 0.15) is 12.6 Å². The van der Waals surface area contributed by atoms with Crippen LogP contribution in [0.15, 0.2) is 12.2 Å². The number of esters is 2. The fourth-order valence-electron chi connectivity index (χ4n) is 6.41. The summed E-state index contributed by atoms with van der Waals surface area (Å²) in [6, 6.07) is -1.52. The van der Waals surface area contributed by atoms with Crippen LogP contribution in [0.1, 0.15) is 219 Å². The predicted molar refractivity (Wildman–Crippen MR) is 226 cm³/mol. The Labute approximate surface area is 341 Å². The summed E-state index contributed by atoms with van der Waals surface area (Å²) in [6.07, 6.45) is 39.9. The number of ether oxygens (including phenoxy) is 2. The van der Waals surface area contributed by atoms with Crippen molar-refractivity contribution in [3.8, 4) is 0 Å². The number of rotatable bonds is 43. The molecule has 0 aliphatic rings. The highest BCUT2D eigenvalue weighted by Gasteiger charge is 2.28. The lowest BCUT2D eigenvalue weighted by Gasteiger charge is -2.20. The molecule has 0 saturated heterocycles. The summed E-state index contributed by atoms with van der Waals surface area (Å²) < 4.78 is 32.7. The lowest BCUT2D eigenvalue weighted by Crippen LogP contribution is -2.34. The lowest BCUT2D eigenvalue weighted by molar-refractivity contribution is -0.161. The Morgan fingerprint density at radius 1 is 0.536 bits per heavy atom. The largest absolute Gasteiger partial charge is 0.480 e. The maximum Gasteiger partial charge on any atom is 0.472 e. The molecule has 0 rings (SSSR count). The van der Waals surface area contributed by atoms with E-state index < -0.39 is 51.1 Å². The van der Waals surface area contributed by atoms with E-state index in [-0.39, 0.29) is 19.4 Å². The number of hydrogen-bond acceptors (Lipinski definition) is 9. The number of phosphoric ester groups is 1. The average Bonchev–Trinajstić information content (AvgIpc) is 3.17. The molecule has 0 aliphatic carbocycles. The van der Waals surface area contributed by atoms with Crippen molar-refractivity contribution < 1.29 is 47.5 Å². The molecule has 0 aliphatic heterocycles. The van der Waals surface area contributed by atoms with Gasteiger partial charge < -0.3 is 25.2 Å². The molecule has 0 radical (unpaired) electrons. The Kier molecular flexibility index (Phi) is 38.7. The van der Waals surface area contributed by atoms with Crippen molar-refractivity contribution in [2.75, 3.05) is 19.8 Å². The summed E-state index contributed by atoms with van der Waals surface area (Å²) >= 11 is 0. The molecule has 0 aromatic heterocycles. The van der Waals surface area contributed by atoms with Crippen LogP contribution in [0.5, 0.6) is 0 Å². The van der Waals surface area contributed by atoms with Gasteiger partial charge in [0, 0.05) is 12.8 Å². The zero-order valence-electron chi connectivity index (χ0n) is 35.7. The number of carboxylic acids is 1. The van der Waals surface area contributed by atoms with Crippen LogP contribution in [0.3, 0.4) is 0 Å². The summed E-state index contributed by atoms with van der Waals surface area (Å²) in [5, 5.41) is 8.89. The highest BCUT2D eigenvalue weighted by Crippen LogP contribution is 2.43. The minimum Gasteiger partial charge on any atom is -0.480 e. The molecule has 0 saturated carbocycles. The first-order valence-corrected chi connectivity index (χ1v) is 24.2. The van der Waals surface area contributed by atoms with Crippen LogP contribution in [-0.4, -0.2) is 59.9 Å². The van der Waals surface area contributed by atoms with Crippen LogP contribution in [-0.2, 0) is 37.5 Å². The predicted octanol–water partition coefficient (Wildman–Crippen LogP) is 12.1. The van der Waals surface area contributed by atoms with Crippen molar-refractivity contribution in [1.82, 2.24) is 0 Å². The van der Waals surface area contributed by atoms with Gasteiger partial charge in [-0.05, 0) is 38.5 Å². The van der Waals surface area contributed by atoms with Gasteiger partial charge >= 0.3 is 25.7 Å². The Balaban J connectivity index is 4.27. The molecule has 0 amide bonds. The molecular weight excluding hydrogens is 733 g/mol. The monoisotopic (exact) mass is 818 g/mol. The lowest BCUT2D eigenvalue weighted by atomic mass is 10.0. The number of unbranched alkanes of at least 4 members (excludes halogenated alkanes) is 27. The summed E-state index contributed by atoms with van der Waals surface area (Å²) in [4.78, 5) is 46.0. The Bertz CT molecular complexity index is 1010. The molecule has 3 atom stereocenters. The highest BCUT2D eigenvalue weighted by molar-refractivity contribution is 7.47. The topological polar surface area (TPSA) is 172 Å². The van der Waals surface area contributed by atoms with Crippen LogP contribution in [0.2, 0.25) is 0 Å². The third kappa shape index (κ3) is 39.1. The third-order valence-corrected chi connectivity index (χ3v) is 11.0. The average molecular weight is 818 g/mol. The van der Waals surface area contributed by atoms with E-state index in [4.69, 9.17) is 24.8 Å². The molecule has 4 N–H and O–H groups in total. The number of carbonyl (C=O) groups excluding carboxylic acids is 2. The van der Waals surface area contributed by atoms with Gasteiger partial charge in [0.25, 0.3) is 0 Å². The number of nitrogens with two attached hydrogens (primary N) is 1. The van der Waals surface area contributed by atoms with Crippen molar-refractivity contribution >= 4 is 25.7 Å². The van der Waals surface area contributed by atoms with Crippen molar-refractivity contribution in [2.45, 2.75) is 231 Å². The fourth-order valence-corrected chi connectivity index (χ4v) is 7.19. The molecule has 0 heterocycles. The fraction of sp³-hybridized carbons (Fsp3) is 0.886. The smallest absolute Gasteiger partial charge is 0.472 e. The van der Waals surface area contributed by atoms with Gasteiger partial charge in [0.15, 0.2) is 6.10 Å². The summed E-state index contributed by atoms with van der Waals surface area (Å²) in [7, 11) is -4.71. The maximum absolute atomic E-state index is 12.6. The zero-order chi connectivity index (χ0) is 41.4. The van der Waals surface area contributed by atoms with E-state index in [9.17, 15) is 23.8 Å². The molecule has 11 nitrogen and oxygen atoms in total. The van der Waals surface area contributed by atoms with Gasteiger partial charge in [-0.3, -0.25) is 23.4 Å².